The molecule has 1 fully saturated rings. The predicted molar refractivity (Wildman–Crippen MR) is 95.0 cm³/mol. The van der Waals surface area contributed by atoms with E-state index in [1.807, 2.05) is 27.7 Å². The molecule has 3 N–H and O–H groups in total. The number of rotatable bonds is 2. The Bertz CT molecular complexity index is 870. The summed E-state index contributed by atoms with van der Waals surface area (Å²) in [7, 11) is 0. The standard InChI is InChI=1S/C17H23N5O4/c1-9-5-10(6-21(9)16(25)26-17(2,3)4)22-7-11(15(23)24)12-13(18)19-8-20-14(12)22/h7-10H,5-6H2,1-4H3,(H,23,24)(H2,18,19,20)/t9-,10-/m0/s1. The van der Waals surface area contributed by atoms with Crippen LogP contribution >= 0.6 is 0 Å². The highest BCUT2D eigenvalue weighted by Crippen LogP contribution is 2.33. The van der Waals surface area contributed by atoms with Gasteiger partial charge >= 0.3 is 12.1 Å². The first-order chi connectivity index (χ1) is 12.1. The number of hydrogen-bond donors (Lipinski definition) is 2. The van der Waals surface area contributed by atoms with Crippen molar-refractivity contribution in [2.75, 3.05) is 12.3 Å². The summed E-state index contributed by atoms with van der Waals surface area (Å²) in [4.78, 5) is 33.8. The highest BCUT2D eigenvalue weighted by molar-refractivity contribution is 6.06. The summed E-state index contributed by atoms with van der Waals surface area (Å²) in [6.45, 7) is 7.81. The lowest BCUT2D eigenvalue weighted by molar-refractivity contribution is 0.0234. The summed E-state index contributed by atoms with van der Waals surface area (Å²) in [5.41, 5.74) is 5.80. The number of carboxylic acid groups (broad SMARTS) is 1. The Morgan fingerprint density at radius 2 is 2.04 bits per heavy atom. The zero-order valence-electron chi connectivity index (χ0n) is 15.3. The van der Waals surface area contributed by atoms with Gasteiger partial charge in [-0.3, -0.25) is 0 Å². The molecule has 140 valence electrons. The molecule has 3 rings (SSSR count). The molecule has 3 heterocycles. The molecule has 1 saturated heterocycles. The summed E-state index contributed by atoms with van der Waals surface area (Å²) < 4.78 is 7.24. The Balaban J connectivity index is 1.95. The molecule has 0 saturated carbocycles. The molecule has 0 unspecified atom stereocenters. The van der Waals surface area contributed by atoms with E-state index >= 15 is 0 Å². The van der Waals surface area contributed by atoms with Crippen LogP contribution in [-0.4, -0.2) is 54.8 Å². The van der Waals surface area contributed by atoms with Gasteiger partial charge in [-0.2, -0.15) is 0 Å². The number of aromatic nitrogens is 3. The first-order valence-corrected chi connectivity index (χ1v) is 8.42. The van der Waals surface area contributed by atoms with E-state index in [0.717, 1.165) is 0 Å². The molecule has 26 heavy (non-hydrogen) atoms. The van der Waals surface area contributed by atoms with Crippen molar-refractivity contribution in [3.8, 4) is 0 Å². The number of carbonyl (C=O) groups is 2. The van der Waals surface area contributed by atoms with Gasteiger partial charge in [0, 0.05) is 18.8 Å². The van der Waals surface area contributed by atoms with Crippen LogP contribution in [0.1, 0.15) is 50.5 Å². The third-order valence-electron chi connectivity index (χ3n) is 4.44. The van der Waals surface area contributed by atoms with Crippen molar-refractivity contribution < 1.29 is 19.4 Å². The molecular weight excluding hydrogens is 338 g/mol. The number of nitrogens with two attached hydrogens (primary N) is 1. The SMILES string of the molecule is C[C@H]1C[C@H](n2cc(C(=O)O)c3c(N)ncnc32)CN1C(=O)OC(C)(C)C. The fourth-order valence-electron chi connectivity index (χ4n) is 3.33. The summed E-state index contributed by atoms with van der Waals surface area (Å²) in [5.74, 6) is -0.966. The number of anilines is 1. The molecular formula is C17H23N5O4. The average molecular weight is 361 g/mol. The Labute approximate surface area is 150 Å². The molecule has 1 aliphatic rings. The number of carboxylic acids is 1. The first-order valence-electron chi connectivity index (χ1n) is 8.42. The highest BCUT2D eigenvalue weighted by Gasteiger charge is 2.37. The quantitative estimate of drug-likeness (QED) is 0.841. The number of likely N-dealkylation sites (tertiary alicyclic amines) is 1. The average Bonchev–Trinajstić information content (AvgIpc) is 3.07. The maximum absolute atomic E-state index is 12.4. The number of nitrogens with zero attached hydrogens (tertiary/aromatic N) is 4. The van der Waals surface area contributed by atoms with E-state index < -0.39 is 11.6 Å². The monoisotopic (exact) mass is 361 g/mol. The van der Waals surface area contributed by atoms with E-state index in [2.05, 4.69) is 9.97 Å². The number of aromatic carboxylic acids is 1. The van der Waals surface area contributed by atoms with Crippen LogP contribution in [0.2, 0.25) is 0 Å². The van der Waals surface area contributed by atoms with Crippen molar-refractivity contribution in [2.45, 2.75) is 51.8 Å². The van der Waals surface area contributed by atoms with E-state index in [1.165, 1.54) is 12.5 Å². The fraction of sp³-hybridized carbons (Fsp3) is 0.529. The van der Waals surface area contributed by atoms with Gasteiger partial charge in [-0.15, -0.1) is 0 Å². The third-order valence-corrected chi connectivity index (χ3v) is 4.44. The van der Waals surface area contributed by atoms with Crippen LogP contribution in [0.3, 0.4) is 0 Å². The number of ether oxygens (including phenoxy) is 1. The molecule has 0 aromatic carbocycles. The third kappa shape index (κ3) is 3.16. The van der Waals surface area contributed by atoms with Gasteiger partial charge < -0.3 is 25.0 Å². The van der Waals surface area contributed by atoms with E-state index in [-0.39, 0.29) is 29.6 Å². The lowest BCUT2D eigenvalue weighted by atomic mass is 10.2. The van der Waals surface area contributed by atoms with Gasteiger partial charge in [0.05, 0.1) is 17.0 Å². The van der Waals surface area contributed by atoms with Crippen LogP contribution in [0.25, 0.3) is 11.0 Å². The number of carbonyl (C=O) groups excluding carboxylic acids is 1. The molecule has 9 heteroatoms. The maximum atomic E-state index is 12.4. The Hall–Kier alpha value is -2.84. The van der Waals surface area contributed by atoms with Gasteiger partial charge in [-0.25, -0.2) is 19.6 Å². The Morgan fingerprint density at radius 1 is 1.35 bits per heavy atom. The number of amides is 1. The zero-order chi connectivity index (χ0) is 19.2. The van der Waals surface area contributed by atoms with E-state index in [4.69, 9.17) is 10.5 Å². The van der Waals surface area contributed by atoms with Crippen molar-refractivity contribution in [2.24, 2.45) is 0 Å². The number of nitrogen functional groups attached to an aromatic ring is 1. The van der Waals surface area contributed by atoms with Crippen LogP contribution < -0.4 is 5.73 Å². The van der Waals surface area contributed by atoms with Gasteiger partial charge in [-0.05, 0) is 34.1 Å². The maximum Gasteiger partial charge on any atom is 0.410 e. The minimum Gasteiger partial charge on any atom is -0.478 e. The lowest BCUT2D eigenvalue weighted by Crippen LogP contribution is -2.38. The molecule has 2 aromatic rings. The summed E-state index contributed by atoms with van der Waals surface area (Å²) >= 11 is 0. The van der Waals surface area contributed by atoms with Gasteiger partial charge in [0.25, 0.3) is 0 Å². The van der Waals surface area contributed by atoms with E-state index in [0.29, 0.717) is 24.0 Å². The van der Waals surface area contributed by atoms with E-state index in [9.17, 15) is 14.7 Å². The molecule has 9 nitrogen and oxygen atoms in total. The van der Waals surface area contributed by atoms with Crippen LogP contribution in [0.4, 0.5) is 10.6 Å². The molecule has 0 radical (unpaired) electrons. The topological polar surface area (TPSA) is 124 Å². The number of hydrogen-bond acceptors (Lipinski definition) is 6. The van der Waals surface area contributed by atoms with Crippen LogP contribution in [0, 0.1) is 0 Å². The molecule has 0 bridgehead atoms. The van der Waals surface area contributed by atoms with Crippen LogP contribution in [0.5, 0.6) is 0 Å². The first kappa shape index (κ1) is 18.0. The minimum absolute atomic E-state index is 0.0419. The zero-order valence-corrected chi connectivity index (χ0v) is 15.3. The molecule has 2 atom stereocenters. The lowest BCUT2D eigenvalue weighted by Gasteiger charge is -2.26. The Morgan fingerprint density at radius 3 is 2.65 bits per heavy atom. The highest BCUT2D eigenvalue weighted by atomic mass is 16.6. The second-order valence-corrected chi connectivity index (χ2v) is 7.58. The fourth-order valence-corrected chi connectivity index (χ4v) is 3.33. The molecule has 0 spiro atoms. The predicted octanol–water partition coefficient (Wildman–Crippen LogP) is 2.28. The number of fused-ring (bicyclic) bond motifs is 1. The van der Waals surface area contributed by atoms with Crippen molar-refractivity contribution in [1.29, 1.82) is 0 Å². The van der Waals surface area contributed by atoms with Crippen LogP contribution in [-0.2, 0) is 4.74 Å². The second-order valence-electron chi connectivity index (χ2n) is 7.58. The smallest absolute Gasteiger partial charge is 0.410 e. The molecule has 0 aliphatic carbocycles. The normalized spacial score (nSPS) is 20.5. The second kappa shape index (κ2) is 6.15. The minimum atomic E-state index is -1.09. The van der Waals surface area contributed by atoms with Crippen LogP contribution in [0.15, 0.2) is 12.5 Å². The summed E-state index contributed by atoms with van der Waals surface area (Å²) in [6, 6.07) is -0.165. The van der Waals surface area contributed by atoms with Gasteiger partial charge in [0.2, 0.25) is 0 Å². The summed E-state index contributed by atoms with van der Waals surface area (Å²) in [5, 5.41) is 9.80. The van der Waals surface area contributed by atoms with Crippen molar-refractivity contribution in [1.82, 2.24) is 19.4 Å². The molecule has 1 aliphatic heterocycles. The van der Waals surface area contributed by atoms with E-state index in [1.54, 1.807) is 9.47 Å². The van der Waals surface area contributed by atoms with Gasteiger partial charge in [0.1, 0.15) is 23.4 Å². The largest absolute Gasteiger partial charge is 0.478 e. The van der Waals surface area contributed by atoms with Crippen molar-refractivity contribution >= 4 is 28.9 Å². The molecule has 2 aromatic heterocycles. The van der Waals surface area contributed by atoms with Gasteiger partial charge in [0.15, 0.2) is 0 Å². The summed E-state index contributed by atoms with van der Waals surface area (Å²) in [6.07, 6.45) is 3.11. The van der Waals surface area contributed by atoms with Crippen molar-refractivity contribution in [3.63, 3.8) is 0 Å². The Kier molecular flexibility index (Phi) is 4.25. The van der Waals surface area contributed by atoms with Crippen molar-refractivity contribution in [3.05, 3.63) is 18.1 Å². The molecule has 1 amide bonds. The van der Waals surface area contributed by atoms with Gasteiger partial charge in [-0.1, -0.05) is 0 Å².